The Kier molecular flexibility index (Phi) is 5.46. The molecule has 2 heteroatoms. The molecule has 0 unspecified atom stereocenters. The third-order valence-electron chi connectivity index (χ3n) is 4.23. The van der Waals surface area contributed by atoms with Crippen LogP contribution in [0.15, 0.2) is 0 Å². The lowest BCUT2D eigenvalue weighted by molar-refractivity contribution is 0.00425. The fourth-order valence-corrected chi connectivity index (χ4v) is 2.28. The van der Waals surface area contributed by atoms with Gasteiger partial charge in [-0.2, -0.15) is 0 Å². The molecule has 0 atom stereocenters. The molecular weight excluding hydrogens is 210 g/mol. The summed E-state index contributed by atoms with van der Waals surface area (Å²) in [6, 6.07) is 0. The molecular formula is C15H31NO. The zero-order valence-corrected chi connectivity index (χ0v) is 12.4. The number of nitrogens with one attached hydrogen (secondary N) is 1. The van der Waals surface area contributed by atoms with Gasteiger partial charge in [0.2, 0.25) is 0 Å². The fourth-order valence-electron chi connectivity index (χ4n) is 2.28. The van der Waals surface area contributed by atoms with Gasteiger partial charge in [0.15, 0.2) is 0 Å². The van der Waals surface area contributed by atoms with E-state index in [0.29, 0.717) is 11.5 Å². The van der Waals surface area contributed by atoms with E-state index in [-0.39, 0.29) is 5.54 Å². The van der Waals surface area contributed by atoms with Gasteiger partial charge in [0.25, 0.3) is 0 Å². The summed E-state index contributed by atoms with van der Waals surface area (Å²) in [6.07, 6.45) is 6.77. The molecule has 0 aromatic carbocycles. The largest absolute Gasteiger partial charge is 0.377 e. The Bertz CT molecular complexity index is 213. The monoisotopic (exact) mass is 241 g/mol. The Morgan fingerprint density at radius 2 is 1.82 bits per heavy atom. The third kappa shape index (κ3) is 5.87. The third-order valence-corrected chi connectivity index (χ3v) is 4.23. The van der Waals surface area contributed by atoms with Gasteiger partial charge in [0.05, 0.1) is 12.7 Å². The zero-order chi connectivity index (χ0) is 12.9. The van der Waals surface area contributed by atoms with Gasteiger partial charge in [-0.25, -0.2) is 0 Å². The molecule has 17 heavy (non-hydrogen) atoms. The Morgan fingerprint density at radius 1 is 1.24 bits per heavy atom. The summed E-state index contributed by atoms with van der Waals surface area (Å²) >= 11 is 0. The van der Waals surface area contributed by atoms with Crippen molar-refractivity contribution in [3.63, 3.8) is 0 Å². The lowest BCUT2D eigenvalue weighted by atomic mass is 9.76. The molecule has 1 saturated carbocycles. The first-order chi connectivity index (χ1) is 7.85. The highest BCUT2D eigenvalue weighted by Gasteiger charge is 2.27. The lowest BCUT2D eigenvalue weighted by Gasteiger charge is -2.34. The minimum atomic E-state index is 0.248. The van der Waals surface area contributed by atoms with Crippen molar-refractivity contribution in [2.45, 2.75) is 78.4 Å². The normalized spacial score (nSPS) is 21.7. The summed E-state index contributed by atoms with van der Waals surface area (Å²) in [5.41, 5.74) is 0.792. The van der Waals surface area contributed by atoms with Crippen LogP contribution in [0, 0.1) is 5.41 Å². The summed E-state index contributed by atoms with van der Waals surface area (Å²) in [4.78, 5) is 0. The standard InChI is InChI=1S/C15H31NO/c1-6-15(4,5)16-11-12-17-13-7-9-14(2,3)10-8-13/h13,16H,6-12H2,1-5H3. The number of ether oxygens (including phenoxy) is 1. The molecule has 0 spiro atoms. The van der Waals surface area contributed by atoms with Crippen molar-refractivity contribution in [2.75, 3.05) is 13.2 Å². The average Bonchev–Trinajstić information content (AvgIpc) is 2.26. The molecule has 102 valence electrons. The van der Waals surface area contributed by atoms with E-state index in [0.717, 1.165) is 19.6 Å². The highest BCUT2D eigenvalue weighted by molar-refractivity contribution is 4.79. The maximum atomic E-state index is 5.95. The van der Waals surface area contributed by atoms with E-state index in [1.54, 1.807) is 0 Å². The Morgan fingerprint density at radius 3 is 2.35 bits per heavy atom. The number of rotatable bonds is 6. The molecule has 0 radical (unpaired) electrons. The first-order valence-corrected chi connectivity index (χ1v) is 7.21. The molecule has 1 rings (SSSR count). The first kappa shape index (κ1) is 15.0. The van der Waals surface area contributed by atoms with Crippen LogP contribution in [0.2, 0.25) is 0 Å². The number of hydrogen-bond donors (Lipinski definition) is 1. The highest BCUT2D eigenvalue weighted by atomic mass is 16.5. The van der Waals surface area contributed by atoms with E-state index in [1.807, 2.05) is 0 Å². The molecule has 0 saturated heterocycles. The number of hydrogen-bond acceptors (Lipinski definition) is 2. The van der Waals surface area contributed by atoms with Crippen LogP contribution in [-0.2, 0) is 4.74 Å². The molecule has 0 aromatic rings. The van der Waals surface area contributed by atoms with Crippen LogP contribution < -0.4 is 5.32 Å². The van der Waals surface area contributed by atoms with Gasteiger partial charge in [-0.15, -0.1) is 0 Å². The molecule has 1 aliphatic carbocycles. The van der Waals surface area contributed by atoms with Crippen LogP contribution in [0.4, 0.5) is 0 Å². The smallest absolute Gasteiger partial charge is 0.0594 e. The van der Waals surface area contributed by atoms with Crippen molar-refractivity contribution < 1.29 is 4.74 Å². The Balaban J connectivity index is 2.08. The van der Waals surface area contributed by atoms with E-state index in [9.17, 15) is 0 Å². The van der Waals surface area contributed by atoms with Crippen LogP contribution >= 0.6 is 0 Å². The Labute approximate surface area is 108 Å². The maximum absolute atomic E-state index is 5.95. The highest BCUT2D eigenvalue weighted by Crippen LogP contribution is 2.35. The van der Waals surface area contributed by atoms with Crippen molar-refractivity contribution in [1.82, 2.24) is 5.32 Å². The topological polar surface area (TPSA) is 21.3 Å². The molecule has 0 amide bonds. The molecule has 0 bridgehead atoms. The van der Waals surface area contributed by atoms with Gasteiger partial charge >= 0.3 is 0 Å². The Hall–Kier alpha value is -0.0800. The predicted octanol–water partition coefficient (Wildman–Crippen LogP) is 3.75. The van der Waals surface area contributed by atoms with E-state index < -0.39 is 0 Å². The van der Waals surface area contributed by atoms with Crippen LogP contribution in [0.3, 0.4) is 0 Å². The first-order valence-electron chi connectivity index (χ1n) is 7.21. The second-order valence-electron chi connectivity index (χ2n) is 6.90. The van der Waals surface area contributed by atoms with Crippen LogP contribution in [0.25, 0.3) is 0 Å². The quantitative estimate of drug-likeness (QED) is 0.715. The molecule has 1 N–H and O–H groups in total. The molecule has 1 fully saturated rings. The molecule has 2 nitrogen and oxygen atoms in total. The van der Waals surface area contributed by atoms with Gasteiger partial charge in [-0.1, -0.05) is 20.8 Å². The minimum absolute atomic E-state index is 0.248. The summed E-state index contributed by atoms with van der Waals surface area (Å²) in [7, 11) is 0. The van der Waals surface area contributed by atoms with Gasteiger partial charge in [-0.3, -0.25) is 0 Å². The average molecular weight is 241 g/mol. The van der Waals surface area contributed by atoms with E-state index in [1.165, 1.54) is 25.7 Å². The summed E-state index contributed by atoms with van der Waals surface area (Å²) in [5, 5.41) is 3.54. The van der Waals surface area contributed by atoms with Crippen LogP contribution in [-0.4, -0.2) is 24.8 Å². The van der Waals surface area contributed by atoms with E-state index in [2.05, 4.69) is 39.9 Å². The predicted molar refractivity (Wildman–Crippen MR) is 74.4 cm³/mol. The maximum Gasteiger partial charge on any atom is 0.0594 e. The minimum Gasteiger partial charge on any atom is -0.377 e. The summed E-state index contributed by atoms with van der Waals surface area (Å²) in [5.74, 6) is 0. The summed E-state index contributed by atoms with van der Waals surface area (Å²) < 4.78 is 5.95. The zero-order valence-electron chi connectivity index (χ0n) is 12.4. The van der Waals surface area contributed by atoms with Crippen LogP contribution in [0.1, 0.15) is 66.7 Å². The van der Waals surface area contributed by atoms with Crippen molar-refractivity contribution >= 4 is 0 Å². The lowest BCUT2D eigenvalue weighted by Crippen LogP contribution is -2.41. The van der Waals surface area contributed by atoms with Crippen molar-refractivity contribution in [3.05, 3.63) is 0 Å². The van der Waals surface area contributed by atoms with Gasteiger partial charge < -0.3 is 10.1 Å². The van der Waals surface area contributed by atoms with Gasteiger partial charge in [-0.05, 0) is 51.4 Å². The van der Waals surface area contributed by atoms with Crippen molar-refractivity contribution in [1.29, 1.82) is 0 Å². The second-order valence-corrected chi connectivity index (χ2v) is 6.90. The SMILES string of the molecule is CCC(C)(C)NCCOC1CCC(C)(C)CC1. The summed E-state index contributed by atoms with van der Waals surface area (Å²) in [6.45, 7) is 13.3. The van der Waals surface area contributed by atoms with Crippen LogP contribution in [0.5, 0.6) is 0 Å². The second kappa shape index (κ2) is 6.19. The molecule has 0 aromatic heterocycles. The van der Waals surface area contributed by atoms with Crippen molar-refractivity contribution in [2.24, 2.45) is 5.41 Å². The van der Waals surface area contributed by atoms with E-state index in [4.69, 9.17) is 4.74 Å². The van der Waals surface area contributed by atoms with Crippen molar-refractivity contribution in [3.8, 4) is 0 Å². The molecule has 0 heterocycles. The van der Waals surface area contributed by atoms with Gasteiger partial charge in [0.1, 0.15) is 0 Å². The van der Waals surface area contributed by atoms with E-state index >= 15 is 0 Å². The molecule has 1 aliphatic rings. The molecule has 0 aliphatic heterocycles. The van der Waals surface area contributed by atoms with Gasteiger partial charge in [0, 0.05) is 12.1 Å². The fraction of sp³-hybridized carbons (Fsp3) is 1.00.